The molecule has 2 heterocycles. The molecular formula is C29H31FN4. The first-order valence-corrected chi connectivity index (χ1v) is 11.9. The van der Waals surface area contributed by atoms with Crippen molar-refractivity contribution >= 4 is 0 Å². The predicted molar refractivity (Wildman–Crippen MR) is 134 cm³/mol. The van der Waals surface area contributed by atoms with Crippen molar-refractivity contribution in [2.45, 2.75) is 45.6 Å². The smallest absolute Gasteiger partial charge is 0.123 e. The highest BCUT2D eigenvalue weighted by Gasteiger charge is 2.22. The van der Waals surface area contributed by atoms with Crippen LogP contribution in [0.4, 0.5) is 4.39 Å². The second kappa shape index (κ2) is 10.3. The highest BCUT2D eigenvalue weighted by molar-refractivity contribution is 5.30. The molecule has 0 amide bonds. The maximum Gasteiger partial charge on any atom is 0.123 e. The van der Waals surface area contributed by atoms with E-state index in [2.05, 4.69) is 75.2 Å². The number of benzene rings is 3. The number of aromatic nitrogens is 2. The molecule has 1 aliphatic rings. The summed E-state index contributed by atoms with van der Waals surface area (Å²) in [5, 5.41) is 3.80. The molecule has 0 spiro atoms. The van der Waals surface area contributed by atoms with Gasteiger partial charge in [-0.05, 0) is 47.7 Å². The summed E-state index contributed by atoms with van der Waals surface area (Å²) in [6, 6.07) is 24.6. The Labute approximate surface area is 201 Å². The van der Waals surface area contributed by atoms with Crippen molar-refractivity contribution in [1.82, 2.24) is 19.8 Å². The first-order valence-electron chi connectivity index (χ1n) is 11.9. The highest BCUT2D eigenvalue weighted by Crippen LogP contribution is 2.21. The Balaban J connectivity index is 1.29. The maximum atomic E-state index is 13.3. The van der Waals surface area contributed by atoms with E-state index in [-0.39, 0.29) is 5.82 Å². The van der Waals surface area contributed by atoms with Gasteiger partial charge in [-0.3, -0.25) is 4.90 Å². The van der Waals surface area contributed by atoms with Crippen molar-refractivity contribution in [1.29, 1.82) is 0 Å². The van der Waals surface area contributed by atoms with Crippen LogP contribution >= 0.6 is 0 Å². The molecule has 0 bridgehead atoms. The minimum Gasteiger partial charge on any atom is -0.329 e. The van der Waals surface area contributed by atoms with Gasteiger partial charge in [0.2, 0.25) is 0 Å². The van der Waals surface area contributed by atoms with E-state index < -0.39 is 0 Å². The Bertz CT molecular complexity index is 1230. The third-order valence-electron chi connectivity index (χ3n) is 6.58. The van der Waals surface area contributed by atoms with E-state index >= 15 is 0 Å². The lowest BCUT2D eigenvalue weighted by Gasteiger charge is -2.25. The topological polar surface area (TPSA) is 33.1 Å². The molecule has 5 rings (SSSR count). The Morgan fingerprint density at radius 3 is 2.59 bits per heavy atom. The van der Waals surface area contributed by atoms with Crippen LogP contribution in [-0.2, 0) is 32.6 Å². The van der Waals surface area contributed by atoms with E-state index in [9.17, 15) is 4.39 Å². The molecular weight excluding hydrogens is 423 g/mol. The van der Waals surface area contributed by atoms with E-state index in [4.69, 9.17) is 0 Å². The van der Waals surface area contributed by atoms with Gasteiger partial charge in [0.25, 0.3) is 0 Å². The Morgan fingerprint density at radius 1 is 0.941 bits per heavy atom. The minimum absolute atomic E-state index is 0.208. The van der Waals surface area contributed by atoms with Gasteiger partial charge in [0, 0.05) is 45.0 Å². The SMILES string of the molecule is Cc1cccc(CN2Cc3ccccc3C[C@H](NCc3cncn3Cc3ccc(F)cc3)C2)c1. The second-order valence-electron chi connectivity index (χ2n) is 9.35. The fourth-order valence-electron chi connectivity index (χ4n) is 4.86. The number of fused-ring (bicyclic) bond motifs is 1. The van der Waals surface area contributed by atoms with E-state index in [0.717, 1.165) is 43.9 Å². The zero-order valence-corrected chi connectivity index (χ0v) is 19.6. The van der Waals surface area contributed by atoms with Gasteiger partial charge in [0.1, 0.15) is 5.82 Å². The standard InChI is InChI=1S/C29H31FN4/c1-22-5-4-6-24(13-22)17-33-19-26-8-3-2-7-25(26)14-28(20-33)32-16-29-15-31-21-34(29)18-23-9-11-27(30)12-10-23/h2-13,15,21,28,32H,14,16-20H2,1H3/t28-/m0/s1. The lowest BCUT2D eigenvalue weighted by molar-refractivity contribution is 0.232. The molecule has 1 aromatic heterocycles. The number of hydrogen-bond donors (Lipinski definition) is 1. The van der Waals surface area contributed by atoms with Gasteiger partial charge >= 0.3 is 0 Å². The summed E-state index contributed by atoms with van der Waals surface area (Å²) in [6.07, 6.45) is 4.78. The lowest BCUT2D eigenvalue weighted by Crippen LogP contribution is -2.40. The van der Waals surface area contributed by atoms with Crippen molar-refractivity contribution in [3.8, 4) is 0 Å². The Morgan fingerprint density at radius 2 is 1.76 bits per heavy atom. The molecule has 1 aliphatic heterocycles. The molecule has 0 aliphatic carbocycles. The summed E-state index contributed by atoms with van der Waals surface area (Å²) in [5.74, 6) is -0.208. The molecule has 5 heteroatoms. The molecule has 0 unspecified atom stereocenters. The number of imidazole rings is 1. The highest BCUT2D eigenvalue weighted by atomic mass is 19.1. The minimum atomic E-state index is -0.208. The summed E-state index contributed by atoms with van der Waals surface area (Å²) in [7, 11) is 0. The normalized spacial score (nSPS) is 16.2. The monoisotopic (exact) mass is 454 g/mol. The maximum absolute atomic E-state index is 13.3. The van der Waals surface area contributed by atoms with Crippen LogP contribution in [0.25, 0.3) is 0 Å². The number of rotatable bonds is 7. The lowest BCUT2D eigenvalue weighted by atomic mass is 10.0. The molecule has 0 radical (unpaired) electrons. The van der Waals surface area contributed by atoms with Crippen molar-refractivity contribution in [2.24, 2.45) is 0 Å². The number of hydrogen-bond acceptors (Lipinski definition) is 3. The van der Waals surface area contributed by atoms with E-state index in [1.165, 1.54) is 34.4 Å². The van der Waals surface area contributed by atoms with Gasteiger partial charge in [-0.1, -0.05) is 66.2 Å². The van der Waals surface area contributed by atoms with E-state index in [1.807, 2.05) is 24.7 Å². The van der Waals surface area contributed by atoms with Crippen molar-refractivity contribution in [3.05, 3.63) is 125 Å². The quantitative estimate of drug-likeness (QED) is 0.422. The Kier molecular flexibility index (Phi) is 6.84. The van der Waals surface area contributed by atoms with Gasteiger partial charge in [-0.25, -0.2) is 9.37 Å². The first kappa shape index (κ1) is 22.5. The third kappa shape index (κ3) is 5.61. The molecule has 0 saturated carbocycles. The summed E-state index contributed by atoms with van der Waals surface area (Å²) in [6.45, 7) is 6.47. The Hall–Kier alpha value is -3.28. The van der Waals surface area contributed by atoms with Crippen molar-refractivity contribution < 1.29 is 4.39 Å². The third-order valence-corrected chi connectivity index (χ3v) is 6.58. The van der Waals surface area contributed by atoms with Gasteiger partial charge in [-0.15, -0.1) is 0 Å². The molecule has 4 aromatic rings. The van der Waals surface area contributed by atoms with E-state index in [1.54, 1.807) is 0 Å². The average molecular weight is 455 g/mol. The van der Waals surface area contributed by atoms with Crippen LogP contribution in [0.2, 0.25) is 0 Å². The van der Waals surface area contributed by atoms with Crippen molar-refractivity contribution in [2.75, 3.05) is 6.54 Å². The number of aryl methyl sites for hydroxylation is 1. The van der Waals surface area contributed by atoms with Gasteiger partial charge in [0.15, 0.2) is 0 Å². The molecule has 3 aromatic carbocycles. The molecule has 1 atom stereocenters. The summed E-state index contributed by atoms with van der Waals surface area (Å²) < 4.78 is 15.4. The predicted octanol–water partition coefficient (Wildman–Crippen LogP) is 5.10. The van der Waals surface area contributed by atoms with Crippen LogP contribution in [0.5, 0.6) is 0 Å². The first-order chi connectivity index (χ1) is 16.6. The average Bonchev–Trinajstić information content (AvgIpc) is 3.18. The second-order valence-corrected chi connectivity index (χ2v) is 9.35. The molecule has 0 saturated heterocycles. The van der Waals surface area contributed by atoms with Gasteiger partial charge < -0.3 is 9.88 Å². The fourth-order valence-corrected chi connectivity index (χ4v) is 4.86. The summed E-state index contributed by atoms with van der Waals surface area (Å²) in [4.78, 5) is 6.92. The largest absolute Gasteiger partial charge is 0.329 e. The molecule has 4 nitrogen and oxygen atoms in total. The molecule has 174 valence electrons. The van der Waals surface area contributed by atoms with Crippen LogP contribution in [0.15, 0.2) is 85.3 Å². The van der Waals surface area contributed by atoms with E-state index in [0.29, 0.717) is 12.6 Å². The number of nitrogens with one attached hydrogen (secondary N) is 1. The fraction of sp³-hybridized carbons (Fsp3) is 0.276. The van der Waals surface area contributed by atoms with Crippen LogP contribution in [0.3, 0.4) is 0 Å². The van der Waals surface area contributed by atoms with Gasteiger partial charge in [0.05, 0.1) is 12.0 Å². The summed E-state index contributed by atoms with van der Waals surface area (Å²) >= 11 is 0. The molecule has 34 heavy (non-hydrogen) atoms. The number of nitrogens with zero attached hydrogens (tertiary/aromatic N) is 3. The van der Waals surface area contributed by atoms with Crippen LogP contribution in [-0.4, -0.2) is 27.0 Å². The molecule has 0 fully saturated rings. The number of halogens is 1. The molecule has 1 N–H and O–H groups in total. The van der Waals surface area contributed by atoms with Crippen molar-refractivity contribution in [3.63, 3.8) is 0 Å². The van der Waals surface area contributed by atoms with Crippen LogP contribution < -0.4 is 5.32 Å². The van der Waals surface area contributed by atoms with Gasteiger partial charge in [-0.2, -0.15) is 0 Å². The zero-order chi connectivity index (χ0) is 23.3. The van der Waals surface area contributed by atoms with Crippen LogP contribution in [0, 0.1) is 12.7 Å². The van der Waals surface area contributed by atoms with Crippen LogP contribution in [0.1, 0.15) is 33.5 Å². The zero-order valence-electron chi connectivity index (χ0n) is 19.6. The summed E-state index contributed by atoms with van der Waals surface area (Å²) in [5.41, 5.74) is 7.69.